The maximum Gasteiger partial charge on any atom is 0.338 e. The number of nitro benzene ring substituents is 1. The first-order valence-electron chi connectivity index (χ1n) is 12.7. The lowest BCUT2D eigenvalue weighted by atomic mass is 9.95. The highest BCUT2D eigenvalue weighted by atomic mass is 32.1. The van der Waals surface area contributed by atoms with E-state index in [1.807, 2.05) is 31.2 Å². The Morgan fingerprint density at radius 2 is 1.92 bits per heavy atom. The first-order chi connectivity index (χ1) is 18.8. The molecule has 10 nitrogen and oxygen atoms in total. The van der Waals surface area contributed by atoms with Gasteiger partial charge in [-0.3, -0.25) is 24.3 Å². The number of rotatable bonds is 7. The van der Waals surface area contributed by atoms with Crippen molar-refractivity contribution in [2.45, 2.75) is 39.7 Å². The number of thiazole rings is 1. The second kappa shape index (κ2) is 10.4. The molecule has 39 heavy (non-hydrogen) atoms. The van der Waals surface area contributed by atoms with Crippen LogP contribution in [0.2, 0.25) is 0 Å². The summed E-state index contributed by atoms with van der Waals surface area (Å²) in [6.07, 6.45) is 1.71. The van der Waals surface area contributed by atoms with E-state index in [9.17, 15) is 24.5 Å². The van der Waals surface area contributed by atoms with E-state index >= 15 is 0 Å². The van der Waals surface area contributed by atoms with Crippen molar-refractivity contribution in [1.82, 2.24) is 4.57 Å². The number of hydrogen-bond donors (Lipinski definition) is 0. The Morgan fingerprint density at radius 1 is 1.15 bits per heavy atom. The molecule has 200 valence electrons. The molecule has 0 radical (unpaired) electrons. The third kappa shape index (κ3) is 4.38. The number of non-ortho nitro benzene ring substituents is 1. The van der Waals surface area contributed by atoms with Crippen molar-refractivity contribution in [2.75, 3.05) is 18.1 Å². The summed E-state index contributed by atoms with van der Waals surface area (Å²) < 4.78 is 6.84. The molecular weight excluding hydrogens is 520 g/mol. The first-order valence-corrected chi connectivity index (χ1v) is 13.5. The smallest absolute Gasteiger partial charge is 0.338 e. The zero-order chi connectivity index (χ0) is 27.8. The summed E-state index contributed by atoms with van der Waals surface area (Å²) in [5, 5.41) is 11.5. The average molecular weight is 547 g/mol. The van der Waals surface area contributed by atoms with Crippen LogP contribution in [-0.2, 0) is 14.3 Å². The van der Waals surface area contributed by atoms with Gasteiger partial charge in [0.05, 0.1) is 40.1 Å². The molecule has 2 aliphatic rings. The summed E-state index contributed by atoms with van der Waals surface area (Å²) in [7, 11) is 0. The number of nitro groups is 1. The summed E-state index contributed by atoms with van der Waals surface area (Å²) in [6, 6.07) is 12.2. The van der Waals surface area contributed by atoms with Crippen molar-refractivity contribution in [1.29, 1.82) is 0 Å². The van der Waals surface area contributed by atoms with Gasteiger partial charge in [0.25, 0.3) is 17.2 Å². The number of carbonyl (C=O) groups is 2. The Hall–Kier alpha value is -4.38. The first kappa shape index (κ1) is 26.2. The third-order valence-electron chi connectivity index (χ3n) is 6.77. The van der Waals surface area contributed by atoms with Crippen LogP contribution in [0.3, 0.4) is 0 Å². The number of esters is 1. The Morgan fingerprint density at radius 3 is 2.64 bits per heavy atom. The standard InChI is InChI=1S/C28H26N4O6S/c1-4-6-14-30-20-13-8-7-12-19(20)22(25(30)33)24-26(34)31-23(17-10-9-11-18(15-17)32(36)37)21(27(35)38-5-2)16(3)29-28(31)39-24/h7-13,15,23H,4-6,14H2,1-3H3/b24-22-/t23-/m0/s1. The highest BCUT2D eigenvalue weighted by molar-refractivity contribution is 7.07. The number of carbonyl (C=O) groups excluding carboxylic acids is 2. The molecule has 2 aliphatic heterocycles. The Balaban J connectivity index is 1.80. The molecule has 1 aromatic heterocycles. The van der Waals surface area contributed by atoms with Crippen molar-refractivity contribution < 1.29 is 19.2 Å². The number of anilines is 1. The van der Waals surface area contributed by atoms with Crippen LogP contribution >= 0.6 is 11.3 Å². The van der Waals surface area contributed by atoms with Crippen LogP contribution in [0, 0.1) is 10.1 Å². The molecule has 0 bridgehead atoms. The predicted molar refractivity (Wildman–Crippen MR) is 146 cm³/mol. The second-order valence-corrected chi connectivity index (χ2v) is 10.2. The van der Waals surface area contributed by atoms with Crippen molar-refractivity contribution >= 4 is 40.2 Å². The molecule has 0 saturated carbocycles. The highest BCUT2D eigenvalue weighted by Gasteiger charge is 2.37. The second-order valence-electron chi connectivity index (χ2n) is 9.18. The van der Waals surface area contributed by atoms with E-state index in [1.54, 1.807) is 24.8 Å². The third-order valence-corrected chi connectivity index (χ3v) is 7.83. The molecule has 3 heterocycles. The van der Waals surface area contributed by atoms with Crippen LogP contribution in [-0.4, -0.2) is 34.5 Å². The number of amides is 1. The lowest BCUT2D eigenvalue weighted by molar-refractivity contribution is -0.384. The summed E-state index contributed by atoms with van der Waals surface area (Å²) in [5.74, 6) is -0.926. The minimum absolute atomic E-state index is 0.102. The van der Waals surface area contributed by atoms with Crippen LogP contribution in [0.15, 0.2) is 69.6 Å². The van der Waals surface area contributed by atoms with Gasteiger partial charge >= 0.3 is 5.97 Å². The van der Waals surface area contributed by atoms with Gasteiger partial charge in [-0.15, -0.1) is 0 Å². The number of benzene rings is 2. The Bertz CT molecular complexity index is 1730. The van der Waals surface area contributed by atoms with Crippen molar-refractivity contribution in [3.05, 3.63) is 101 Å². The maximum absolute atomic E-state index is 14.1. The molecule has 0 saturated heterocycles. The number of aromatic nitrogens is 1. The summed E-state index contributed by atoms with van der Waals surface area (Å²) >= 11 is 1.07. The van der Waals surface area contributed by atoms with Gasteiger partial charge in [0.2, 0.25) is 0 Å². The molecule has 0 aliphatic carbocycles. The predicted octanol–water partition coefficient (Wildman–Crippen LogP) is 3.22. The molecule has 3 aromatic rings. The largest absolute Gasteiger partial charge is 0.463 e. The van der Waals surface area contributed by atoms with Gasteiger partial charge in [-0.1, -0.05) is 55.0 Å². The number of ether oxygens (including phenoxy) is 1. The lowest BCUT2D eigenvalue weighted by Gasteiger charge is -2.24. The molecule has 0 spiro atoms. The van der Waals surface area contributed by atoms with Gasteiger partial charge < -0.3 is 9.64 Å². The molecule has 0 unspecified atom stereocenters. The molecule has 11 heteroatoms. The van der Waals surface area contributed by atoms with Gasteiger partial charge in [-0.25, -0.2) is 9.79 Å². The molecule has 1 atom stereocenters. The average Bonchev–Trinajstić information content (AvgIpc) is 3.38. The number of unbranched alkanes of at least 4 members (excludes halogenated alkanes) is 1. The molecule has 2 aromatic carbocycles. The van der Waals surface area contributed by atoms with Crippen LogP contribution < -0.4 is 19.8 Å². The number of allylic oxidation sites excluding steroid dienone is 1. The van der Waals surface area contributed by atoms with E-state index in [4.69, 9.17) is 4.74 Å². The molecule has 1 amide bonds. The quantitative estimate of drug-likeness (QED) is 0.255. The van der Waals surface area contributed by atoms with Crippen LogP contribution in [0.25, 0.3) is 5.57 Å². The van der Waals surface area contributed by atoms with E-state index in [0.29, 0.717) is 33.7 Å². The van der Waals surface area contributed by atoms with Crippen LogP contribution in [0.1, 0.15) is 50.8 Å². The van der Waals surface area contributed by atoms with Crippen molar-refractivity contribution in [3.8, 4) is 0 Å². The number of para-hydroxylation sites is 1. The normalized spacial score (nSPS) is 17.6. The van der Waals surface area contributed by atoms with Crippen LogP contribution in [0.5, 0.6) is 0 Å². The Kier molecular flexibility index (Phi) is 7.00. The van der Waals surface area contributed by atoms with E-state index in [0.717, 1.165) is 29.9 Å². The summed E-state index contributed by atoms with van der Waals surface area (Å²) in [6.45, 7) is 5.98. The fourth-order valence-electron chi connectivity index (χ4n) is 5.00. The van der Waals surface area contributed by atoms with Gasteiger partial charge in [0.1, 0.15) is 4.53 Å². The van der Waals surface area contributed by atoms with Gasteiger partial charge in [-0.05, 0) is 31.9 Å². The van der Waals surface area contributed by atoms with Gasteiger partial charge in [0.15, 0.2) is 4.80 Å². The zero-order valence-electron chi connectivity index (χ0n) is 21.7. The van der Waals surface area contributed by atoms with Crippen molar-refractivity contribution in [3.63, 3.8) is 0 Å². The van der Waals surface area contributed by atoms with E-state index in [1.165, 1.54) is 22.8 Å². The monoisotopic (exact) mass is 546 g/mol. The van der Waals surface area contributed by atoms with Crippen LogP contribution in [0.4, 0.5) is 11.4 Å². The molecule has 5 rings (SSSR count). The molecule has 0 N–H and O–H groups in total. The van der Waals surface area contributed by atoms with Gasteiger partial charge in [-0.2, -0.15) is 0 Å². The summed E-state index contributed by atoms with van der Waals surface area (Å²) in [5.41, 5.74) is 1.84. The minimum atomic E-state index is -1.02. The van der Waals surface area contributed by atoms with E-state index in [2.05, 4.69) is 4.99 Å². The fraction of sp³-hybridized carbons (Fsp3) is 0.286. The zero-order valence-corrected chi connectivity index (χ0v) is 22.5. The summed E-state index contributed by atoms with van der Waals surface area (Å²) in [4.78, 5) is 58.5. The SMILES string of the molecule is CCCCN1C(=O)/C(=c2\sc3n(c2=O)[C@@H](c2cccc([N+](=O)[O-])c2)C(C(=O)OCC)=C(C)N=3)c2ccccc21. The van der Waals surface area contributed by atoms with Crippen molar-refractivity contribution in [2.24, 2.45) is 4.99 Å². The van der Waals surface area contributed by atoms with Gasteiger partial charge in [0, 0.05) is 24.2 Å². The fourth-order valence-corrected chi connectivity index (χ4v) is 6.14. The topological polar surface area (TPSA) is 124 Å². The number of fused-ring (bicyclic) bond motifs is 2. The number of nitrogens with zero attached hydrogens (tertiary/aromatic N) is 4. The Labute approximate surface area is 227 Å². The lowest BCUT2D eigenvalue weighted by Crippen LogP contribution is -2.41. The molecular formula is C28H26N4O6S. The molecule has 0 fully saturated rings. The maximum atomic E-state index is 14.1. The van der Waals surface area contributed by atoms with E-state index in [-0.39, 0.29) is 28.3 Å². The number of hydrogen-bond acceptors (Lipinski definition) is 8. The minimum Gasteiger partial charge on any atom is -0.463 e. The van der Waals surface area contributed by atoms with E-state index < -0.39 is 22.5 Å². The highest BCUT2D eigenvalue weighted by Crippen LogP contribution is 2.36.